The fourth-order valence-electron chi connectivity index (χ4n) is 1.22. The van der Waals surface area contributed by atoms with Crippen LogP contribution in [0.5, 0.6) is 0 Å². The fourth-order valence-corrected chi connectivity index (χ4v) is 1.22. The van der Waals surface area contributed by atoms with Gasteiger partial charge in [0.25, 0.3) is 0 Å². The van der Waals surface area contributed by atoms with Gasteiger partial charge in [-0.25, -0.2) is 0 Å². The molecule has 0 unspecified atom stereocenters. The Balaban J connectivity index is 2.48. The maximum absolute atomic E-state index is 3.45. The van der Waals surface area contributed by atoms with E-state index in [1.807, 2.05) is 0 Å². The lowest BCUT2D eigenvalue weighted by molar-refractivity contribution is 0.571. The molecule has 0 heterocycles. The van der Waals surface area contributed by atoms with Gasteiger partial charge in [-0.1, -0.05) is 37.3 Å². The van der Waals surface area contributed by atoms with Gasteiger partial charge in [-0.15, -0.1) is 0 Å². The van der Waals surface area contributed by atoms with Crippen LogP contribution in [0.2, 0.25) is 0 Å². The zero-order valence-electron chi connectivity index (χ0n) is 7.88. The van der Waals surface area contributed by atoms with E-state index >= 15 is 0 Å². The normalized spacial score (nSPS) is 12.8. The average Bonchev–Trinajstić information content (AvgIpc) is 2.15. The van der Waals surface area contributed by atoms with Crippen LogP contribution in [0.4, 0.5) is 0 Å². The van der Waals surface area contributed by atoms with Crippen molar-refractivity contribution < 1.29 is 0 Å². The third-order valence-corrected chi connectivity index (χ3v) is 2.00. The van der Waals surface area contributed by atoms with Gasteiger partial charge in [0.2, 0.25) is 0 Å². The molecule has 66 valence electrons. The third-order valence-electron chi connectivity index (χ3n) is 2.00. The van der Waals surface area contributed by atoms with Gasteiger partial charge in [0, 0.05) is 6.04 Å². The Morgan fingerprint density at radius 2 is 1.92 bits per heavy atom. The van der Waals surface area contributed by atoms with Gasteiger partial charge in [-0.3, -0.25) is 0 Å². The largest absolute Gasteiger partial charge is 0.310 e. The molecule has 1 rings (SSSR count). The molecule has 0 radical (unpaired) electrons. The molecule has 0 aromatic heterocycles. The molecule has 1 aromatic carbocycles. The van der Waals surface area contributed by atoms with Crippen molar-refractivity contribution in [3.63, 3.8) is 0 Å². The van der Waals surface area contributed by atoms with Crippen LogP contribution in [0.25, 0.3) is 0 Å². The van der Waals surface area contributed by atoms with Crippen molar-refractivity contribution in [2.45, 2.75) is 26.3 Å². The lowest BCUT2D eigenvalue weighted by Crippen LogP contribution is -2.18. The molecular weight excluding hydrogens is 146 g/mol. The number of benzene rings is 1. The molecular formula is C11H17N. The Morgan fingerprint density at radius 1 is 1.25 bits per heavy atom. The molecule has 0 spiro atoms. The van der Waals surface area contributed by atoms with E-state index in [9.17, 15) is 0 Å². The minimum atomic E-state index is 0.478. The van der Waals surface area contributed by atoms with Crippen LogP contribution in [-0.2, 0) is 0 Å². The molecule has 0 aliphatic rings. The molecule has 0 fully saturated rings. The van der Waals surface area contributed by atoms with Crippen LogP contribution in [0.3, 0.4) is 0 Å². The molecule has 0 aliphatic carbocycles. The fraction of sp³-hybridized carbons (Fsp3) is 0.455. The lowest BCUT2D eigenvalue weighted by Gasteiger charge is -2.12. The molecule has 0 aliphatic heterocycles. The van der Waals surface area contributed by atoms with E-state index in [2.05, 4.69) is 49.5 Å². The van der Waals surface area contributed by atoms with Gasteiger partial charge in [0.05, 0.1) is 0 Å². The van der Waals surface area contributed by atoms with Gasteiger partial charge < -0.3 is 5.32 Å². The molecule has 1 N–H and O–H groups in total. The predicted octanol–water partition coefficient (Wildman–Crippen LogP) is 2.75. The highest BCUT2D eigenvalue weighted by Crippen LogP contribution is 2.10. The average molecular weight is 163 g/mol. The summed E-state index contributed by atoms with van der Waals surface area (Å²) in [7, 11) is 0. The third kappa shape index (κ3) is 2.67. The summed E-state index contributed by atoms with van der Waals surface area (Å²) in [6, 6.07) is 11.0. The Bertz CT molecular complexity index is 206. The topological polar surface area (TPSA) is 12.0 Å². The zero-order chi connectivity index (χ0) is 8.81. The summed E-state index contributed by atoms with van der Waals surface area (Å²) in [5, 5.41) is 3.45. The van der Waals surface area contributed by atoms with Crippen molar-refractivity contribution >= 4 is 0 Å². The Morgan fingerprint density at radius 3 is 2.50 bits per heavy atom. The molecule has 1 heteroatoms. The standard InChI is InChI=1S/C11H17N/c1-3-9-12-10(2)11-7-5-4-6-8-11/h4-8,10,12H,3,9H2,1-2H3/t10-/m1/s1. The van der Waals surface area contributed by atoms with Crippen molar-refractivity contribution in [2.75, 3.05) is 6.54 Å². The van der Waals surface area contributed by atoms with Gasteiger partial charge in [-0.05, 0) is 25.5 Å². The van der Waals surface area contributed by atoms with E-state index in [4.69, 9.17) is 0 Å². The minimum Gasteiger partial charge on any atom is -0.310 e. The molecule has 1 nitrogen and oxygen atoms in total. The van der Waals surface area contributed by atoms with Crippen molar-refractivity contribution in [2.24, 2.45) is 0 Å². The van der Waals surface area contributed by atoms with Crippen LogP contribution in [0.1, 0.15) is 31.9 Å². The lowest BCUT2D eigenvalue weighted by atomic mass is 10.1. The molecule has 0 amide bonds. The first-order chi connectivity index (χ1) is 5.84. The van der Waals surface area contributed by atoms with E-state index in [-0.39, 0.29) is 0 Å². The zero-order valence-corrected chi connectivity index (χ0v) is 7.88. The van der Waals surface area contributed by atoms with Gasteiger partial charge in [0.15, 0.2) is 0 Å². The van der Waals surface area contributed by atoms with Gasteiger partial charge >= 0.3 is 0 Å². The first-order valence-corrected chi connectivity index (χ1v) is 4.63. The van der Waals surface area contributed by atoms with Crippen LogP contribution in [0, 0.1) is 0 Å². The number of nitrogens with one attached hydrogen (secondary N) is 1. The first kappa shape index (κ1) is 9.27. The molecule has 12 heavy (non-hydrogen) atoms. The van der Waals surface area contributed by atoms with Crippen LogP contribution in [0.15, 0.2) is 30.3 Å². The number of hydrogen-bond acceptors (Lipinski definition) is 1. The van der Waals surface area contributed by atoms with Crippen LogP contribution < -0.4 is 5.32 Å². The molecule has 1 aromatic rings. The Kier molecular flexibility index (Phi) is 3.81. The second kappa shape index (κ2) is 4.94. The van der Waals surface area contributed by atoms with E-state index < -0.39 is 0 Å². The highest BCUT2D eigenvalue weighted by Gasteiger charge is 2.00. The smallest absolute Gasteiger partial charge is 0.0291 e. The molecule has 0 bridgehead atoms. The summed E-state index contributed by atoms with van der Waals surface area (Å²) in [6.45, 7) is 5.48. The first-order valence-electron chi connectivity index (χ1n) is 4.63. The number of hydrogen-bond donors (Lipinski definition) is 1. The maximum atomic E-state index is 3.45. The number of rotatable bonds is 4. The van der Waals surface area contributed by atoms with E-state index in [1.54, 1.807) is 0 Å². The van der Waals surface area contributed by atoms with Crippen LogP contribution in [-0.4, -0.2) is 6.54 Å². The Hall–Kier alpha value is -0.820. The molecule has 0 saturated carbocycles. The highest BCUT2D eigenvalue weighted by molar-refractivity contribution is 5.17. The summed E-state index contributed by atoms with van der Waals surface area (Å²) in [6.07, 6.45) is 1.19. The quantitative estimate of drug-likeness (QED) is 0.719. The van der Waals surface area contributed by atoms with Crippen molar-refractivity contribution in [3.8, 4) is 0 Å². The highest BCUT2D eigenvalue weighted by atomic mass is 14.9. The summed E-state index contributed by atoms with van der Waals surface area (Å²) in [5.74, 6) is 0. The van der Waals surface area contributed by atoms with E-state index in [1.165, 1.54) is 12.0 Å². The summed E-state index contributed by atoms with van der Waals surface area (Å²) in [4.78, 5) is 0. The summed E-state index contributed by atoms with van der Waals surface area (Å²) >= 11 is 0. The van der Waals surface area contributed by atoms with Gasteiger partial charge in [-0.2, -0.15) is 0 Å². The van der Waals surface area contributed by atoms with Gasteiger partial charge in [0.1, 0.15) is 0 Å². The van der Waals surface area contributed by atoms with Crippen LogP contribution >= 0.6 is 0 Å². The van der Waals surface area contributed by atoms with E-state index in [0.717, 1.165) is 6.54 Å². The summed E-state index contributed by atoms with van der Waals surface area (Å²) in [5.41, 5.74) is 1.37. The SMILES string of the molecule is CCCN[C@H](C)c1ccccc1. The van der Waals surface area contributed by atoms with Crippen molar-refractivity contribution in [1.29, 1.82) is 0 Å². The second-order valence-corrected chi connectivity index (χ2v) is 3.09. The Labute approximate surface area is 74.8 Å². The predicted molar refractivity (Wildman–Crippen MR) is 53.2 cm³/mol. The van der Waals surface area contributed by atoms with Crippen molar-refractivity contribution in [1.82, 2.24) is 5.32 Å². The summed E-state index contributed by atoms with van der Waals surface area (Å²) < 4.78 is 0. The maximum Gasteiger partial charge on any atom is 0.0291 e. The second-order valence-electron chi connectivity index (χ2n) is 3.09. The molecule has 0 saturated heterocycles. The minimum absolute atomic E-state index is 0.478. The molecule has 1 atom stereocenters. The van der Waals surface area contributed by atoms with E-state index in [0.29, 0.717) is 6.04 Å². The van der Waals surface area contributed by atoms with Crippen molar-refractivity contribution in [3.05, 3.63) is 35.9 Å². The monoisotopic (exact) mass is 163 g/mol.